The summed E-state index contributed by atoms with van der Waals surface area (Å²) in [7, 11) is 1.88. The Labute approximate surface area is 233 Å². The van der Waals surface area contributed by atoms with Crippen molar-refractivity contribution in [3.8, 4) is 0 Å². The molecule has 1 unspecified atom stereocenters. The second kappa shape index (κ2) is 11.2. The third-order valence-electron chi connectivity index (χ3n) is 7.72. The maximum absolute atomic E-state index is 13.5. The van der Waals surface area contributed by atoms with Crippen LogP contribution in [0.4, 0.5) is 20.6 Å². The van der Waals surface area contributed by atoms with Crippen molar-refractivity contribution >= 4 is 34.9 Å². The predicted molar refractivity (Wildman–Crippen MR) is 152 cm³/mol. The van der Waals surface area contributed by atoms with Gasteiger partial charge in [-0.25, -0.2) is 9.18 Å². The fourth-order valence-corrected chi connectivity index (χ4v) is 5.84. The molecule has 5 rings (SSSR count). The number of pyridine rings is 1. The summed E-state index contributed by atoms with van der Waals surface area (Å²) in [6.45, 7) is 5.80. The second-order valence-electron chi connectivity index (χ2n) is 10.5. The van der Waals surface area contributed by atoms with Crippen molar-refractivity contribution < 1.29 is 14.0 Å². The van der Waals surface area contributed by atoms with E-state index in [-0.39, 0.29) is 23.0 Å². The number of fused-ring (bicyclic) bond motifs is 1. The molecule has 1 aliphatic carbocycles. The molecule has 1 aromatic heterocycles. The number of aryl methyl sites for hydroxylation is 3. The van der Waals surface area contributed by atoms with Gasteiger partial charge in [-0.05, 0) is 93.1 Å². The number of piperidine rings is 1. The Morgan fingerprint density at radius 1 is 1.03 bits per heavy atom. The van der Waals surface area contributed by atoms with E-state index in [9.17, 15) is 14.0 Å². The summed E-state index contributed by atoms with van der Waals surface area (Å²) in [6.07, 6.45) is 3.35. The van der Waals surface area contributed by atoms with Crippen LogP contribution >= 0.6 is 11.6 Å². The standard InChI is InChI=1S/C30H33ClFN5O2/c1-18-14-24(15-19(2)33-18)37-12-10-23(11-13-37)36(3)29(38)21-5-4-20-6-9-28(25(20)16-21)35-30(39)34-22-7-8-27(32)26(31)17-22/h4-5,7-8,14-17,23,28H,6,9-13H2,1-3H3,(H2,34,35,39). The van der Waals surface area contributed by atoms with Crippen molar-refractivity contribution in [3.63, 3.8) is 0 Å². The molecule has 3 aromatic rings. The van der Waals surface area contributed by atoms with Gasteiger partial charge in [0.2, 0.25) is 0 Å². The molecule has 0 bridgehead atoms. The number of hydrogen-bond acceptors (Lipinski definition) is 4. The van der Waals surface area contributed by atoms with Gasteiger partial charge in [0.25, 0.3) is 5.91 Å². The van der Waals surface area contributed by atoms with E-state index in [1.165, 1.54) is 23.9 Å². The lowest BCUT2D eigenvalue weighted by molar-refractivity contribution is 0.0709. The SMILES string of the molecule is Cc1cc(N2CCC(N(C)C(=O)c3ccc4c(c3)C(NC(=O)Nc3ccc(F)c(Cl)c3)CC4)CC2)cc(C)n1. The molecule has 0 spiro atoms. The highest BCUT2D eigenvalue weighted by molar-refractivity contribution is 6.31. The largest absolute Gasteiger partial charge is 0.371 e. The predicted octanol–water partition coefficient (Wildman–Crippen LogP) is 6.04. The van der Waals surface area contributed by atoms with Crippen LogP contribution in [-0.4, -0.2) is 48.0 Å². The average Bonchev–Trinajstić information content (AvgIpc) is 3.31. The molecule has 3 amide bonds. The van der Waals surface area contributed by atoms with Gasteiger partial charge in [0.15, 0.2) is 0 Å². The Balaban J connectivity index is 1.21. The van der Waals surface area contributed by atoms with Crippen LogP contribution in [-0.2, 0) is 6.42 Å². The van der Waals surface area contributed by atoms with Gasteiger partial charge in [0.05, 0.1) is 11.1 Å². The normalized spacial score (nSPS) is 17.1. The number of nitrogens with zero attached hydrogens (tertiary/aromatic N) is 3. The van der Waals surface area contributed by atoms with Gasteiger partial charge in [-0.3, -0.25) is 9.78 Å². The van der Waals surface area contributed by atoms with Crippen LogP contribution < -0.4 is 15.5 Å². The van der Waals surface area contributed by atoms with E-state index >= 15 is 0 Å². The number of amides is 3. The zero-order valence-electron chi connectivity index (χ0n) is 22.4. The average molecular weight is 550 g/mol. The molecule has 0 radical (unpaired) electrons. The molecule has 2 aromatic carbocycles. The minimum Gasteiger partial charge on any atom is -0.371 e. The maximum Gasteiger partial charge on any atom is 0.319 e. The molecular formula is C30H33ClFN5O2. The Morgan fingerprint density at radius 2 is 1.74 bits per heavy atom. The van der Waals surface area contributed by atoms with E-state index in [0.29, 0.717) is 11.3 Å². The third-order valence-corrected chi connectivity index (χ3v) is 8.01. The van der Waals surface area contributed by atoms with Crippen molar-refractivity contribution in [1.29, 1.82) is 0 Å². The molecule has 0 saturated carbocycles. The first-order valence-corrected chi connectivity index (χ1v) is 13.7. The van der Waals surface area contributed by atoms with Crippen LogP contribution in [0.5, 0.6) is 0 Å². The zero-order valence-corrected chi connectivity index (χ0v) is 23.2. The highest BCUT2D eigenvalue weighted by Crippen LogP contribution is 2.33. The summed E-state index contributed by atoms with van der Waals surface area (Å²) in [5, 5.41) is 5.63. The molecular weight excluding hydrogens is 517 g/mol. The fraction of sp³-hybridized carbons (Fsp3) is 0.367. The number of urea groups is 1. The van der Waals surface area contributed by atoms with Crippen LogP contribution in [0.1, 0.15) is 58.2 Å². The van der Waals surface area contributed by atoms with E-state index < -0.39 is 11.8 Å². The molecule has 1 saturated heterocycles. The molecule has 1 fully saturated rings. The maximum atomic E-state index is 13.5. The van der Waals surface area contributed by atoms with Gasteiger partial charge in [-0.1, -0.05) is 17.7 Å². The van der Waals surface area contributed by atoms with E-state index in [1.807, 2.05) is 44.0 Å². The minimum atomic E-state index is -0.543. The Kier molecular flexibility index (Phi) is 7.75. The molecule has 1 atom stereocenters. The van der Waals surface area contributed by atoms with E-state index in [4.69, 9.17) is 11.6 Å². The number of aromatic nitrogens is 1. The summed E-state index contributed by atoms with van der Waals surface area (Å²) >= 11 is 5.82. The highest BCUT2D eigenvalue weighted by atomic mass is 35.5. The van der Waals surface area contributed by atoms with Crippen molar-refractivity contribution in [2.45, 2.75) is 51.6 Å². The highest BCUT2D eigenvalue weighted by Gasteiger charge is 2.29. The lowest BCUT2D eigenvalue weighted by Gasteiger charge is -2.38. The number of carbonyl (C=O) groups is 2. The number of hydrogen-bond donors (Lipinski definition) is 2. The quantitative estimate of drug-likeness (QED) is 0.407. The summed E-state index contributed by atoms with van der Waals surface area (Å²) in [6, 6.07) is 13.6. The number of rotatable bonds is 5. The molecule has 9 heteroatoms. The van der Waals surface area contributed by atoms with Gasteiger partial charge in [-0.2, -0.15) is 0 Å². The molecule has 204 valence electrons. The van der Waals surface area contributed by atoms with E-state index in [2.05, 4.69) is 32.7 Å². The topological polar surface area (TPSA) is 77.6 Å². The zero-order chi connectivity index (χ0) is 27.7. The first kappa shape index (κ1) is 26.9. The van der Waals surface area contributed by atoms with Crippen molar-refractivity contribution in [1.82, 2.24) is 15.2 Å². The Hall–Kier alpha value is -3.65. The Bertz CT molecular complexity index is 1390. The van der Waals surface area contributed by atoms with Crippen molar-refractivity contribution in [2.75, 3.05) is 30.4 Å². The smallest absolute Gasteiger partial charge is 0.319 e. The lowest BCUT2D eigenvalue weighted by Crippen LogP contribution is -2.45. The van der Waals surface area contributed by atoms with E-state index in [1.54, 1.807) is 0 Å². The van der Waals surface area contributed by atoms with Crippen LogP contribution in [0.3, 0.4) is 0 Å². The van der Waals surface area contributed by atoms with Crippen molar-refractivity contribution in [2.24, 2.45) is 0 Å². The lowest BCUT2D eigenvalue weighted by atomic mass is 10.00. The van der Waals surface area contributed by atoms with Crippen LogP contribution in [0, 0.1) is 19.7 Å². The second-order valence-corrected chi connectivity index (χ2v) is 10.9. The van der Waals surface area contributed by atoms with Gasteiger partial charge in [0.1, 0.15) is 5.82 Å². The Morgan fingerprint density at radius 3 is 2.44 bits per heavy atom. The summed E-state index contributed by atoms with van der Waals surface area (Å²) < 4.78 is 13.4. The van der Waals surface area contributed by atoms with Gasteiger partial charge < -0.3 is 20.4 Å². The minimum absolute atomic E-state index is 0.0112. The summed E-state index contributed by atoms with van der Waals surface area (Å²) in [4.78, 5) is 34.8. The van der Waals surface area contributed by atoms with Crippen molar-refractivity contribution in [3.05, 3.63) is 87.4 Å². The monoisotopic (exact) mass is 549 g/mol. The first-order valence-electron chi connectivity index (χ1n) is 13.3. The number of anilines is 2. The van der Waals surface area contributed by atoms with E-state index in [0.717, 1.165) is 61.3 Å². The van der Waals surface area contributed by atoms with Crippen LogP contribution in [0.25, 0.3) is 0 Å². The van der Waals surface area contributed by atoms with Gasteiger partial charge in [0, 0.05) is 54.5 Å². The number of halogens is 2. The molecule has 7 nitrogen and oxygen atoms in total. The molecule has 2 N–H and O–H groups in total. The number of benzene rings is 2. The van der Waals surface area contributed by atoms with Crippen LogP contribution in [0.2, 0.25) is 5.02 Å². The molecule has 39 heavy (non-hydrogen) atoms. The summed E-state index contributed by atoms with van der Waals surface area (Å²) in [5.74, 6) is -0.554. The molecule has 2 aliphatic rings. The van der Waals surface area contributed by atoms with Gasteiger partial charge >= 0.3 is 6.03 Å². The molecule has 2 heterocycles. The van der Waals surface area contributed by atoms with Crippen LogP contribution in [0.15, 0.2) is 48.5 Å². The third kappa shape index (κ3) is 6.01. The fourth-order valence-electron chi connectivity index (χ4n) is 5.66. The number of carbonyl (C=O) groups excluding carboxylic acids is 2. The summed E-state index contributed by atoms with van der Waals surface area (Å²) in [5.41, 5.74) is 6.33. The molecule has 1 aliphatic heterocycles. The first-order chi connectivity index (χ1) is 18.7. The van der Waals surface area contributed by atoms with Gasteiger partial charge in [-0.15, -0.1) is 0 Å². The number of nitrogens with one attached hydrogen (secondary N) is 2.